The van der Waals surface area contributed by atoms with Gasteiger partial charge in [0.05, 0.1) is 10.9 Å². The summed E-state index contributed by atoms with van der Waals surface area (Å²) in [6, 6.07) is 0.335. The summed E-state index contributed by atoms with van der Waals surface area (Å²) >= 11 is 7.25. The van der Waals surface area contributed by atoms with Gasteiger partial charge in [-0.15, -0.1) is 11.6 Å². The number of rotatable bonds is 3. The SMILES string of the molecule is C/C=C/SC(CCl)=NC(C)C. The summed E-state index contributed by atoms with van der Waals surface area (Å²) in [5.74, 6) is 0.507. The molecule has 0 aliphatic rings. The van der Waals surface area contributed by atoms with Crippen molar-refractivity contribution in [1.82, 2.24) is 0 Å². The van der Waals surface area contributed by atoms with E-state index in [9.17, 15) is 0 Å². The standard InChI is InChI=1S/C8H14ClNS/c1-4-5-11-8(6-9)10-7(2)3/h4-5,7H,6H2,1-3H3/b5-4+,10-8?. The van der Waals surface area contributed by atoms with Crippen LogP contribution in [-0.4, -0.2) is 17.0 Å². The van der Waals surface area contributed by atoms with Crippen LogP contribution < -0.4 is 0 Å². The fourth-order valence-electron chi connectivity index (χ4n) is 0.531. The number of hydrogen-bond donors (Lipinski definition) is 0. The Morgan fingerprint density at radius 2 is 2.27 bits per heavy atom. The van der Waals surface area contributed by atoms with Crippen LogP contribution in [-0.2, 0) is 0 Å². The summed E-state index contributed by atoms with van der Waals surface area (Å²) in [7, 11) is 0. The lowest BCUT2D eigenvalue weighted by molar-refractivity contribution is 0.839. The molecule has 0 aliphatic carbocycles. The van der Waals surface area contributed by atoms with Gasteiger partial charge in [0.2, 0.25) is 0 Å². The molecule has 11 heavy (non-hydrogen) atoms. The van der Waals surface area contributed by atoms with Gasteiger partial charge in [-0.2, -0.15) is 0 Å². The van der Waals surface area contributed by atoms with Gasteiger partial charge in [0.15, 0.2) is 0 Å². The summed E-state index contributed by atoms with van der Waals surface area (Å²) in [5, 5.41) is 2.98. The molecule has 0 aromatic carbocycles. The molecular weight excluding hydrogens is 178 g/mol. The minimum absolute atomic E-state index is 0.335. The molecular formula is C8H14ClNS. The fourth-order valence-corrected chi connectivity index (χ4v) is 1.42. The highest BCUT2D eigenvalue weighted by Crippen LogP contribution is 2.08. The van der Waals surface area contributed by atoms with E-state index < -0.39 is 0 Å². The van der Waals surface area contributed by atoms with Gasteiger partial charge in [0.25, 0.3) is 0 Å². The Morgan fingerprint density at radius 3 is 2.64 bits per heavy atom. The highest BCUT2D eigenvalue weighted by Gasteiger charge is 1.96. The highest BCUT2D eigenvalue weighted by atomic mass is 35.5. The minimum Gasteiger partial charge on any atom is -0.279 e. The van der Waals surface area contributed by atoms with Crippen LogP contribution in [0.3, 0.4) is 0 Å². The first-order valence-corrected chi connectivity index (χ1v) is 5.02. The highest BCUT2D eigenvalue weighted by molar-refractivity contribution is 8.16. The molecule has 0 rings (SSSR count). The molecule has 0 radical (unpaired) electrons. The van der Waals surface area contributed by atoms with Crippen LogP contribution in [0.4, 0.5) is 0 Å². The van der Waals surface area contributed by atoms with Gasteiger partial charge in [-0.1, -0.05) is 17.8 Å². The molecule has 0 heterocycles. The van der Waals surface area contributed by atoms with Gasteiger partial charge in [0.1, 0.15) is 0 Å². The Morgan fingerprint density at radius 1 is 1.64 bits per heavy atom. The van der Waals surface area contributed by atoms with E-state index in [4.69, 9.17) is 11.6 Å². The maximum Gasteiger partial charge on any atom is 0.0868 e. The summed E-state index contributed by atoms with van der Waals surface area (Å²) < 4.78 is 0. The summed E-state index contributed by atoms with van der Waals surface area (Å²) in [4.78, 5) is 4.33. The zero-order valence-corrected chi connectivity index (χ0v) is 8.75. The molecule has 0 saturated heterocycles. The first kappa shape index (κ1) is 11.1. The Bertz CT molecular complexity index is 152. The van der Waals surface area contributed by atoms with Crippen LogP contribution in [0.5, 0.6) is 0 Å². The predicted molar refractivity (Wildman–Crippen MR) is 55.7 cm³/mol. The third-order valence-electron chi connectivity index (χ3n) is 0.857. The van der Waals surface area contributed by atoms with E-state index in [1.165, 1.54) is 0 Å². The molecule has 0 aromatic rings. The molecule has 64 valence electrons. The van der Waals surface area contributed by atoms with Gasteiger partial charge in [-0.05, 0) is 26.2 Å². The van der Waals surface area contributed by atoms with E-state index in [1.54, 1.807) is 11.8 Å². The molecule has 0 spiro atoms. The third kappa shape index (κ3) is 6.45. The Labute approximate surface area is 77.9 Å². The smallest absolute Gasteiger partial charge is 0.0868 e. The lowest BCUT2D eigenvalue weighted by Gasteiger charge is -2.00. The maximum atomic E-state index is 5.66. The van der Waals surface area contributed by atoms with Crippen molar-refractivity contribution in [2.75, 3.05) is 5.88 Å². The lowest BCUT2D eigenvalue weighted by Crippen LogP contribution is -1.98. The van der Waals surface area contributed by atoms with Crippen molar-refractivity contribution in [3.63, 3.8) is 0 Å². The number of allylic oxidation sites excluding steroid dienone is 1. The second-order valence-corrected chi connectivity index (χ2v) is 3.58. The third-order valence-corrected chi connectivity index (χ3v) is 2.20. The molecule has 0 aromatic heterocycles. The van der Waals surface area contributed by atoms with Crippen LogP contribution >= 0.6 is 23.4 Å². The zero-order chi connectivity index (χ0) is 8.69. The average Bonchev–Trinajstić information content (AvgIpc) is 1.97. The predicted octanol–water partition coefficient (Wildman–Crippen LogP) is 3.30. The van der Waals surface area contributed by atoms with E-state index in [-0.39, 0.29) is 0 Å². The van der Waals surface area contributed by atoms with Crippen molar-refractivity contribution in [3.8, 4) is 0 Å². The second-order valence-electron chi connectivity index (χ2n) is 2.34. The molecule has 0 aliphatic heterocycles. The lowest BCUT2D eigenvalue weighted by atomic mass is 10.4. The first-order valence-electron chi connectivity index (χ1n) is 3.61. The van der Waals surface area contributed by atoms with Crippen molar-refractivity contribution in [1.29, 1.82) is 0 Å². The maximum absolute atomic E-state index is 5.66. The van der Waals surface area contributed by atoms with Crippen molar-refractivity contribution >= 4 is 28.4 Å². The molecule has 1 nitrogen and oxygen atoms in total. The van der Waals surface area contributed by atoms with Crippen LogP contribution in [0.25, 0.3) is 0 Å². The molecule has 0 saturated carbocycles. The van der Waals surface area contributed by atoms with Crippen LogP contribution in [0.1, 0.15) is 20.8 Å². The quantitative estimate of drug-likeness (QED) is 0.379. The molecule has 0 amide bonds. The summed E-state index contributed by atoms with van der Waals surface area (Å²) in [6.45, 7) is 6.07. The molecule has 3 heteroatoms. The molecule has 0 unspecified atom stereocenters. The van der Waals surface area contributed by atoms with Crippen molar-refractivity contribution in [2.45, 2.75) is 26.8 Å². The van der Waals surface area contributed by atoms with E-state index in [2.05, 4.69) is 4.99 Å². The van der Waals surface area contributed by atoms with Gasteiger partial charge in [-0.3, -0.25) is 4.99 Å². The molecule has 0 fully saturated rings. The van der Waals surface area contributed by atoms with Crippen molar-refractivity contribution in [3.05, 3.63) is 11.5 Å². The average molecular weight is 192 g/mol. The number of nitrogens with zero attached hydrogens (tertiary/aromatic N) is 1. The Balaban J connectivity index is 3.94. The number of thioether (sulfide) groups is 1. The molecule has 0 N–H and O–H groups in total. The zero-order valence-electron chi connectivity index (χ0n) is 7.17. The topological polar surface area (TPSA) is 12.4 Å². The Hall–Kier alpha value is 0.0500. The van der Waals surface area contributed by atoms with Crippen LogP contribution in [0.15, 0.2) is 16.5 Å². The van der Waals surface area contributed by atoms with Crippen LogP contribution in [0.2, 0.25) is 0 Å². The van der Waals surface area contributed by atoms with E-state index in [0.717, 1.165) is 5.04 Å². The fraction of sp³-hybridized carbons (Fsp3) is 0.625. The number of aliphatic imine (C=N–C) groups is 1. The Kier molecular flexibility index (Phi) is 6.77. The summed E-state index contributed by atoms with van der Waals surface area (Å²) in [6.07, 6.45) is 1.98. The van der Waals surface area contributed by atoms with Gasteiger partial charge >= 0.3 is 0 Å². The van der Waals surface area contributed by atoms with Gasteiger partial charge in [0, 0.05) is 6.04 Å². The van der Waals surface area contributed by atoms with Gasteiger partial charge < -0.3 is 0 Å². The van der Waals surface area contributed by atoms with Crippen molar-refractivity contribution in [2.24, 2.45) is 4.99 Å². The van der Waals surface area contributed by atoms with Crippen LogP contribution in [0, 0.1) is 0 Å². The van der Waals surface area contributed by atoms with E-state index in [1.807, 2.05) is 32.3 Å². The normalized spacial score (nSPS) is 13.4. The largest absolute Gasteiger partial charge is 0.279 e. The van der Waals surface area contributed by atoms with E-state index >= 15 is 0 Å². The number of hydrogen-bond acceptors (Lipinski definition) is 2. The van der Waals surface area contributed by atoms with Gasteiger partial charge in [-0.25, -0.2) is 0 Å². The van der Waals surface area contributed by atoms with Crippen molar-refractivity contribution < 1.29 is 0 Å². The molecule has 0 bridgehead atoms. The minimum atomic E-state index is 0.335. The second kappa shape index (κ2) is 6.74. The first-order chi connectivity index (χ1) is 5.20. The number of alkyl halides is 1. The monoisotopic (exact) mass is 191 g/mol. The summed E-state index contributed by atoms with van der Waals surface area (Å²) in [5.41, 5.74) is 0. The van der Waals surface area contributed by atoms with E-state index in [0.29, 0.717) is 11.9 Å². The molecule has 0 atom stereocenters. The number of halogens is 1.